The van der Waals surface area contributed by atoms with Crippen LogP contribution in [0.5, 0.6) is 5.75 Å². The van der Waals surface area contributed by atoms with Gasteiger partial charge in [0.2, 0.25) is 5.89 Å². The number of halogens is 1. The Kier molecular flexibility index (Phi) is 4.88. The van der Waals surface area contributed by atoms with E-state index in [1.807, 2.05) is 24.3 Å². The van der Waals surface area contributed by atoms with Crippen molar-refractivity contribution in [1.29, 1.82) is 0 Å². The Hall–Kier alpha value is -3.12. The molecule has 0 radical (unpaired) electrons. The summed E-state index contributed by atoms with van der Waals surface area (Å²) in [6.45, 7) is 2.07. The Labute approximate surface area is 170 Å². The highest BCUT2D eigenvalue weighted by molar-refractivity contribution is 9.10. The second-order valence-corrected chi connectivity index (χ2v) is 7.29. The molecule has 2 N–H and O–H groups in total. The van der Waals surface area contributed by atoms with Gasteiger partial charge in [-0.15, -0.1) is 0 Å². The van der Waals surface area contributed by atoms with Crippen molar-refractivity contribution in [2.75, 3.05) is 5.32 Å². The van der Waals surface area contributed by atoms with E-state index in [-0.39, 0.29) is 11.7 Å². The van der Waals surface area contributed by atoms with Gasteiger partial charge in [0.25, 0.3) is 5.91 Å². The summed E-state index contributed by atoms with van der Waals surface area (Å²) in [5, 5.41) is 13.1. The Balaban J connectivity index is 1.66. The van der Waals surface area contributed by atoms with Crippen LogP contribution in [0, 0.1) is 0 Å². The molecule has 28 heavy (non-hydrogen) atoms. The van der Waals surface area contributed by atoms with Gasteiger partial charge in [0.05, 0.1) is 5.56 Å². The number of hydrogen-bond acceptors (Lipinski definition) is 4. The first-order valence-corrected chi connectivity index (χ1v) is 9.62. The van der Waals surface area contributed by atoms with Crippen molar-refractivity contribution in [1.82, 2.24) is 4.98 Å². The average molecular weight is 437 g/mol. The van der Waals surface area contributed by atoms with E-state index in [4.69, 9.17) is 4.42 Å². The number of aryl methyl sites for hydroxylation is 1. The summed E-state index contributed by atoms with van der Waals surface area (Å²) in [6.07, 6.45) is 0.903. The lowest BCUT2D eigenvalue weighted by atomic mass is 10.1. The van der Waals surface area contributed by atoms with Gasteiger partial charge in [-0.25, -0.2) is 4.98 Å². The number of fused-ring (bicyclic) bond motifs is 1. The van der Waals surface area contributed by atoms with Gasteiger partial charge in [0.15, 0.2) is 5.58 Å². The fraction of sp³-hybridized carbons (Fsp3) is 0.0909. The van der Waals surface area contributed by atoms with E-state index < -0.39 is 0 Å². The van der Waals surface area contributed by atoms with E-state index in [2.05, 4.69) is 33.2 Å². The van der Waals surface area contributed by atoms with E-state index in [9.17, 15) is 9.90 Å². The number of aromatic hydroxyl groups is 1. The summed E-state index contributed by atoms with van der Waals surface area (Å²) in [6, 6.07) is 17.7. The van der Waals surface area contributed by atoms with Crippen LogP contribution in [-0.4, -0.2) is 16.0 Å². The quantitative estimate of drug-likeness (QED) is 0.397. The zero-order valence-corrected chi connectivity index (χ0v) is 16.7. The number of amides is 1. The van der Waals surface area contributed by atoms with Crippen molar-refractivity contribution in [3.8, 4) is 17.2 Å². The maximum absolute atomic E-state index is 12.5. The lowest BCUT2D eigenvalue weighted by Crippen LogP contribution is -2.11. The number of anilines is 1. The summed E-state index contributed by atoms with van der Waals surface area (Å²) < 4.78 is 6.63. The van der Waals surface area contributed by atoms with Crippen LogP contribution in [0.25, 0.3) is 22.6 Å². The monoisotopic (exact) mass is 436 g/mol. The van der Waals surface area contributed by atoms with Crippen LogP contribution < -0.4 is 5.32 Å². The topological polar surface area (TPSA) is 75.4 Å². The number of benzene rings is 3. The van der Waals surface area contributed by atoms with Crippen LogP contribution in [0.1, 0.15) is 22.8 Å². The van der Waals surface area contributed by atoms with Gasteiger partial charge in [-0.05, 0) is 60.5 Å². The van der Waals surface area contributed by atoms with E-state index >= 15 is 0 Å². The number of aromatic nitrogens is 1. The van der Waals surface area contributed by atoms with Crippen molar-refractivity contribution >= 4 is 38.6 Å². The van der Waals surface area contributed by atoms with E-state index in [1.54, 1.807) is 30.3 Å². The third-order valence-electron chi connectivity index (χ3n) is 4.43. The summed E-state index contributed by atoms with van der Waals surface area (Å²) >= 11 is 3.36. The average Bonchev–Trinajstić information content (AvgIpc) is 3.12. The molecule has 0 bridgehead atoms. The molecule has 3 aromatic carbocycles. The third-order valence-corrected chi connectivity index (χ3v) is 4.93. The predicted octanol–water partition coefficient (Wildman–Crippen LogP) is 5.78. The SMILES string of the molecule is CCc1ccc2oc(-c3cc(NC(=O)c4cccc(Br)c4)ccc3O)nc2c1. The van der Waals surface area contributed by atoms with Crippen LogP contribution in [0.3, 0.4) is 0 Å². The Morgan fingerprint density at radius 1 is 1.14 bits per heavy atom. The first-order chi connectivity index (χ1) is 13.5. The fourth-order valence-corrected chi connectivity index (χ4v) is 3.33. The molecule has 0 aliphatic rings. The van der Waals surface area contributed by atoms with Gasteiger partial charge in [-0.2, -0.15) is 0 Å². The zero-order chi connectivity index (χ0) is 19.7. The molecule has 0 aliphatic carbocycles. The number of phenolic OH excluding ortho intramolecular Hbond substituents is 1. The normalized spacial score (nSPS) is 10.9. The van der Waals surface area contributed by atoms with Crippen LogP contribution in [0.2, 0.25) is 0 Å². The molecule has 4 rings (SSSR count). The molecule has 1 heterocycles. The number of oxazole rings is 1. The number of phenols is 1. The lowest BCUT2D eigenvalue weighted by molar-refractivity contribution is 0.102. The number of carbonyl (C=O) groups excluding carboxylic acids is 1. The zero-order valence-electron chi connectivity index (χ0n) is 15.1. The standard InChI is InChI=1S/C22H17BrN2O3/c1-2-13-6-9-20-18(10-13)25-22(28-20)17-12-16(7-8-19(17)26)24-21(27)14-4-3-5-15(23)11-14/h3-12,26H,2H2,1H3,(H,24,27). The van der Waals surface area contributed by atoms with Gasteiger partial charge < -0.3 is 14.8 Å². The summed E-state index contributed by atoms with van der Waals surface area (Å²) in [5.41, 5.74) is 4.02. The Morgan fingerprint density at radius 3 is 2.79 bits per heavy atom. The van der Waals surface area contributed by atoms with Gasteiger partial charge in [-0.1, -0.05) is 35.0 Å². The minimum atomic E-state index is -0.247. The maximum Gasteiger partial charge on any atom is 0.255 e. The molecule has 0 unspecified atom stereocenters. The van der Waals surface area contributed by atoms with Crippen molar-refractivity contribution in [3.63, 3.8) is 0 Å². The number of carbonyl (C=O) groups is 1. The van der Waals surface area contributed by atoms with Crippen LogP contribution >= 0.6 is 15.9 Å². The largest absolute Gasteiger partial charge is 0.507 e. The maximum atomic E-state index is 12.5. The Morgan fingerprint density at radius 2 is 2.00 bits per heavy atom. The van der Waals surface area contributed by atoms with E-state index in [0.29, 0.717) is 28.3 Å². The molecule has 0 atom stereocenters. The highest BCUT2D eigenvalue weighted by Crippen LogP contribution is 2.33. The van der Waals surface area contributed by atoms with Crippen LogP contribution in [0.15, 0.2) is 69.6 Å². The van der Waals surface area contributed by atoms with Crippen molar-refractivity contribution in [2.45, 2.75) is 13.3 Å². The molecule has 0 saturated carbocycles. The molecule has 140 valence electrons. The van der Waals surface area contributed by atoms with Crippen molar-refractivity contribution in [2.24, 2.45) is 0 Å². The molecule has 5 nitrogen and oxygen atoms in total. The molecule has 1 amide bonds. The minimum absolute atomic E-state index is 0.0303. The molecule has 1 aromatic heterocycles. The fourth-order valence-electron chi connectivity index (χ4n) is 2.93. The number of nitrogens with zero attached hydrogens (tertiary/aromatic N) is 1. The van der Waals surface area contributed by atoms with Gasteiger partial charge >= 0.3 is 0 Å². The summed E-state index contributed by atoms with van der Waals surface area (Å²) in [7, 11) is 0. The Bertz CT molecular complexity index is 1180. The highest BCUT2D eigenvalue weighted by Gasteiger charge is 2.15. The second-order valence-electron chi connectivity index (χ2n) is 6.37. The molecule has 4 aromatic rings. The van der Waals surface area contributed by atoms with Crippen LogP contribution in [0.4, 0.5) is 5.69 Å². The van der Waals surface area contributed by atoms with Crippen molar-refractivity contribution < 1.29 is 14.3 Å². The minimum Gasteiger partial charge on any atom is -0.507 e. The highest BCUT2D eigenvalue weighted by atomic mass is 79.9. The molecule has 0 saturated heterocycles. The van der Waals surface area contributed by atoms with Gasteiger partial charge in [0.1, 0.15) is 11.3 Å². The van der Waals surface area contributed by atoms with E-state index in [0.717, 1.165) is 22.0 Å². The molecule has 6 heteroatoms. The number of nitrogens with one attached hydrogen (secondary N) is 1. The first kappa shape index (κ1) is 18.3. The van der Waals surface area contributed by atoms with Crippen LogP contribution in [-0.2, 0) is 6.42 Å². The molecular formula is C22H17BrN2O3. The molecule has 0 aliphatic heterocycles. The number of rotatable bonds is 4. The first-order valence-electron chi connectivity index (χ1n) is 8.83. The summed E-state index contributed by atoms with van der Waals surface area (Å²) in [4.78, 5) is 17.0. The molecule has 0 fully saturated rings. The smallest absolute Gasteiger partial charge is 0.255 e. The molecular weight excluding hydrogens is 420 g/mol. The molecule has 0 spiro atoms. The van der Waals surface area contributed by atoms with Crippen molar-refractivity contribution in [3.05, 3.63) is 76.3 Å². The second kappa shape index (κ2) is 7.48. The third kappa shape index (κ3) is 3.64. The van der Waals surface area contributed by atoms with Gasteiger partial charge in [0, 0.05) is 15.7 Å². The predicted molar refractivity (Wildman–Crippen MR) is 113 cm³/mol. The number of hydrogen-bond donors (Lipinski definition) is 2. The lowest BCUT2D eigenvalue weighted by Gasteiger charge is -2.08. The van der Waals surface area contributed by atoms with E-state index in [1.165, 1.54) is 6.07 Å². The van der Waals surface area contributed by atoms with Gasteiger partial charge in [-0.3, -0.25) is 4.79 Å². The summed E-state index contributed by atoms with van der Waals surface area (Å²) in [5.74, 6) is 0.0881.